The van der Waals surface area contributed by atoms with Gasteiger partial charge in [-0.3, -0.25) is 0 Å². The molecular formula is C16H17BrFNO. The highest BCUT2D eigenvalue weighted by Gasteiger charge is 2.15. The van der Waals surface area contributed by atoms with E-state index in [1.807, 2.05) is 37.4 Å². The summed E-state index contributed by atoms with van der Waals surface area (Å²) in [6, 6.07) is 13.1. The summed E-state index contributed by atoms with van der Waals surface area (Å²) >= 11 is 3.32. The molecule has 0 saturated carbocycles. The zero-order valence-electron chi connectivity index (χ0n) is 11.5. The number of hydrogen-bond donors (Lipinski definition) is 1. The van der Waals surface area contributed by atoms with Crippen molar-refractivity contribution in [1.29, 1.82) is 0 Å². The molecule has 1 unspecified atom stereocenters. The van der Waals surface area contributed by atoms with Crippen LogP contribution in [0.1, 0.15) is 17.2 Å². The fourth-order valence-electron chi connectivity index (χ4n) is 2.15. The normalized spacial score (nSPS) is 12.2. The number of methoxy groups -OCH3 is 1. The molecule has 2 rings (SSSR count). The number of ether oxygens (including phenoxy) is 1. The SMILES string of the molecule is CNC(Cc1ccc(OC)cc1)c1cccc(F)c1Br. The second kappa shape index (κ2) is 6.86. The Kier molecular flexibility index (Phi) is 5.15. The van der Waals surface area contributed by atoms with Crippen molar-refractivity contribution in [3.8, 4) is 5.75 Å². The van der Waals surface area contributed by atoms with Crippen molar-refractivity contribution >= 4 is 15.9 Å². The van der Waals surface area contributed by atoms with Gasteiger partial charge in [-0.05, 0) is 58.7 Å². The molecule has 2 nitrogen and oxygen atoms in total. The molecule has 0 aliphatic carbocycles. The zero-order chi connectivity index (χ0) is 14.5. The summed E-state index contributed by atoms with van der Waals surface area (Å²) in [4.78, 5) is 0. The van der Waals surface area contributed by atoms with Crippen LogP contribution < -0.4 is 10.1 Å². The Morgan fingerprint density at radius 1 is 1.20 bits per heavy atom. The first-order valence-corrected chi connectivity index (χ1v) is 7.19. The zero-order valence-corrected chi connectivity index (χ0v) is 13.1. The molecule has 0 heterocycles. The van der Waals surface area contributed by atoms with Gasteiger partial charge in [0.25, 0.3) is 0 Å². The van der Waals surface area contributed by atoms with Crippen molar-refractivity contribution in [2.45, 2.75) is 12.5 Å². The number of rotatable bonds is 5. The monoisotopic (exact) mass is 337 g/mol. The maximum absolute atomic E-state index is 13.6. The molecule has 2 aromatic carbocycles. The first-order valence-electron chi connectivity index (χ1n) is 6.39. The van der Waals surface area contributed by atoms with Crippen LogP contribution in [0.5, 0.6) is 5.75 Å². The lowest BCUT2D eigenvalue weighted by Crippen LogP contribution is -2.19. The van der Waals surface area contributed by atoms with E-state index in [2.05, 4.69) is 21.2 Å². The summed E-state index contributed by atoms with van der Waals surface area (Å²) in [6.07, 6.45) is 0.780. The van der Waals surface area contributed by atoms with E-state index < -0.39 is 0 Å². The maximum atomic E-state index is 13.6. The van der Waals surface area contributed by atoms with E-state index in [4.69, 9.17) is 4.74 Å². The lowest BCUT2D eigenvalue weighted by molar-refractivity contribution is 0.414. The van der Waals surface area contributed by atoms with Gasteiger partial charge in [0.1, 0.15) is 11.6 Å². The minimum absolute atomic E-state index is 0.0495. The van der Waals surface area contributed by atoms with E-state index >= 15 is 0 Å². The smallest absolute Gasteiger partial charge is 0.137 e. The van der Waals surface area contributed by atoms with Gasteiger partial charge in [-0.1, -0.05) is 24.3 Å². The molecule has 0 spiro atoms. The molecule has 4 heteroatoms. The van der Waals surface area contributed by atoms with Gasteiger partial charge in [0, 0.05) is 6.04 Å². The summed E-state index contributed by atoms with van der Waals surface area (Å²) in [5.74, 6) is 0.596. The van der Waals surface area contributed by atoms with Crippen LogP contribution in [0.15, 0.2) is 46.9 Å². The van der Waals surface area contributed by atoms with Gasteiger partial charge in [-0.25, -0.2) is 4.39 Å². The minimum Gasteiger partial charge on any atom is -0.497 e. The Balaban J connectivity index is 2.21. The summed E-state index contributed by atoms with van der Waals surface area (Å²) in [6.45, 7) is 0. The topological polar surface area (TPSA) is 21.3 Å². The molecule has 20 heavy (non-hydrogen) atoms. The lowest BCUT2D eigenvalue weighted by atomic mass is 9.99. The van der Waals surface area contributed by atoms with Crippen LogP contribution in [0, 0.1) is 5.82 Å². The molecular weight excluding hydrogens is 321 g/mol. The van der Waals surface area contributed by atoms with Gasteiger partial charge in [0.2, 0.25) is 0 Å². The first-order chi connectivity index (χ1) is 9.65. The van der Waals surface area contributed by atoms with Gasteiger partial charge in [0.15, 0.2) is 0 Å². The molecule has 1 atom stereocenters. The summed E-state index contributed by atoms with van der Waals surface area (Å²) < 4.78 is 19.3. The molecule has 0 radical (unpaired) electrons. The summed E-state index contributed by atoms with van der Waals surface area (Å²) in [5.41, 5.74) is 2.09. The molecule has 1 N–H and O–H groups in total. The van der Waals surface area contributed by atoms with Crippen molar-refractivity contribution in [3.63, 3.8) is 0 Å². The molecule has 0 aromatic heterocycles. The number of hydrogen-bond acceptors (Lipinski definition) is 2. The van der Waals surface area contributed by atoms with E-state index in [1.165, 1.54) is 11.6 Å². The van der Waals surface area contributed by atoms with E-state index in [1.54, 1.807) is 13.2 Å². The van der Waals surface area contributed by atoms with Gasteiger partial charge in [0.05, 0.1) is 11.6 Å². The molecule has 2 aromatic rings. The maximum Gasteiger partial charge on any atom is 0.137 e. The van der Waals surface area contributed by atoms with Gasteiger partial charge in [-0.15, -0.1) is 0 Å². The molecule has 106 valence electrons. The number of halogens is 2. The Morgan fingerprint density at radius 3 is 2.50 bits per heavy atom. The summed E-state index contributed by atoms with van der Waals surface area (Å²) in [7, 11) is 3.53. The molecule has 0 aliphatic heterocycles. The Bertz CT molecular complexity index is 571. The molecule has 0 saturated heterocycles. The van der Waals surface area contributed by atoms with E-state index in [9.17, 15) is 4.39 Å². The Hall–Kier alpha value is -1.39. The number of nitrogens with one attached hydrogen (secondary N) is 1. The van der Waals surface area contributed by atoms with E-state index in [-0.39, 0.29) is 11.9 Å². The van der Waals surface area contributed by atoms with Crippen LogP contribution in [0.25, 0.3) is 0 Å². The predicted molar refractivity (Wildman–Crippen MR) is 82.6 cm³/mol. The van der Waals surface area contributed by atoms with Gasteiger partial charge in [-0.2, -0.15) is 0 Å². The van der Waals surface area contributed by atoms with Crippen LogP contribution in [0.4, 0.5) is 4.39 Å². The van der Waals surface area contributed by atoms with Gasteiger partial charge >= 0.3 is 0 Å². The fraction of sp³-hybridized carbons (Fsp3) is 0.250. The quantitative estimate of drug-likeness (QED) is 0.886. The Morgan fingerprint density at radius 2 is 1.90 bits per heavy atom. The highest BCUT2D eigenvalue weighted by molar-refractivity contribution is 9.10. The second-order valence-electron chi connectivity index (χ2n) is 4.54. The van der Waals surface area contributed by atoms with E-state index in [0.717, 1.165) is 17.7 Å². The highest BCUT2D eigenvalue weighted by Crippen LogP contribution is 2.28. The third-order valence-corrected chi connectivity index (χ3v) is 4.14. The number of likely N-dealkylation sites (N-methyl/N-ethyl adjacent to an activating group) is 1. The molecule has 0 bridgehead atoms. The van der Waals surface area contributed by atoms with E-state index in [0.29, 0.717) is 4.47 Å². The minimum atomic E-state index is -0.238. The third-order valence-electron chi connectivity index (χ3n) is 3.30. The molecule has 0 aliphatic rings. The van der Waals surface area contributed by atoms with Crippen LogP contribution in [-0.4, -0.2) is 14.2 Å². The standard InChI is InChI=1S/C16H17BrFNO/c1-19-15(13-4-3-5-14(18)16(13)17)10-11-6-8-12(20-2)9-7-11/h3-9,15,19H,10H2,1-2H3. The van der Waals surface area contributed by atoms with Crippen molar-refractivity contribution in [1.82, 2.24) is 5.32 Å². The number of benzene rings is 2. The Labute approximate surface area is 127 Å². The average Bonchev–Trinajstić information content (AvgIpc) is 2.48. The first kappa shape index (κ1) is 15.0. The largest absolute Gasteiger partial charge is 0.497 e. The fourth-order valence-corrected chi connectivity index (χ4v) is 2.70. The highest BCUT2D eigenvalue weighted by atomic mass is 79.9. The van der Waals surface area contributed by atoms with Crippen LogP contribution >= 0.6 is 15.9 Å². The molecule has 0 fully saturated rings. The van der Waals surface area contributed by atoms with Crippen LogP contribution in [0.3, 0.4) is 0 Å². The van der Waals surface area contributed by atoms with Gasteiger partial charge < -0.3 is 10.1 Å². The van der Waals surface area contributed by atoms with Crippen LogP contribution in [-0.2, 0) is 6.42 Å². The van der Waals surface area contributed by atoms with Crippen LogP contribution in [0.2, 0.25) is 0 Å². The lowest BCUT2D eigenvalue weighted by Gasteiger charge is -2.18. The van der Waals surface area contributed by atoms with Crippen molar-refractivity contribution in [2.24, 2.45) is 0 Å². The average molecular weight is 338 g/mol. The van der Waals surface area contributed by atoms with Crippen molar-refractivity contribution in [3.05, 3.63) is 63.9 Å². The predicted octanol–water partition coefficient (Wildman–Crippen LogP) is 4.10. The second-order valence-corrected chi connectivity index (χ2v) is 5.33. The van der Waals surface area contributed by atoms with Crippen molar-refractivity contribution in [2.75, 3.05) is 14.2 Å². The van der Waals surface area contributed by atoms with Crippen molar-refractivity contribution < 1.29 is 9.13 Å². The third kappa shape index (κ3) is 3.38. The summed E-state index contributed by atoms with van der Waals surface area (Å²) in [5, 5.41) is 3.24. The molecule has 0 amide bonds.